The van der Waals surface area contributed by atoms with Gasteiger partial charge in [0.15, 0.2) is 0 Å². The van der Waals surface area contributed by atoms with Crippen molar-refractivity contribution in [2.45, 2.75) is 31.7 Å². The van der Waals surface area contributed by atoms with Crippen LogP contribution in [0.3, 0.4) is 0 Å². The standard InChI is InChI=1S/C10H15N3O3/c14-6-8-1-3-9(4-2-8)12-5-10(11-7-12)13(15)16/h5,7-9,14H,1-4,6H2/t8-,9-. The number of hydrogen-bond donors (Lipinski definition) is 1. The van der Waals surface area contributed by atoms with Crippen LogP contribution in [-0.4, -0.2) is 26.2 Å². The fraction of sp³-hybridized carbons (Fsp3) is 0.700. The van der Waals surface area contributed by atoms with Crippen LogP contribution in [0.2, 0.25) is 0 Å². The highest BCUT2D eigenvalue weighted by Crippen LogP contribution is 2.32. The van der Waals surface area contributed by atoms with Crippen molar-refractivity contribution >= 4 is 5.82 Å². The van der Waals surface area contributed by atoms with Gasteiger partial charge in [-0.25, -0.2) is 0 Å². The zero-order valence-corrected chi connectivity index (χ0v) is 8.95. The maximum Gasteiger partial charge on any atom is 0.381 e. The molecule has 1 heterocycles. The average Bonchev–Trinajstić information content (AvgIpc) is 2.78. The van der Waals surface area contributed by atoms with Crippen molar-refractivity contribution in [3.63, 3.8) is 0 Å². The Labute approximate surface area is 93.1 Å². The molecule has 2 rings (SSSR count). The molecule has 0 aliphatic heterocycles. The van der Waals surface area contributed by atoms with Crippen LogP contribution >= 0.6 is 0 Å². The number of rotatable bonds is 3. The second-order valence-corrected chi connectivity index (χ2v) is 4.29. The molecule has 1 aromatic rings. The van der Waals surface area contributed by atoms with E-state index in [0.29, 0.717) is 12.0 Å². The molecule has 1 fully saturated rings. The summed E-state index contributed by atoms with van der Waals surface area (Å²) in [7, 11) is 0. The van der Waals surface area contributed by atoms with Crippen LogP contribution in [0, 0.1) is 16.0 Å². The molecule has 0 aromatic carbocycles. The zero-order chi connectivity index (χ0) is 11.5. The molecule has 16 heavy (non-hydrogen) atoms. The summed E-state index contributed by atoms with van der Waals surface area (Å²) in [5.74, 6) is 0.305. The Morgan fingerprint density at radius 1 is 1.50 bits per heavy atom. The Hall–Kier alpha value is -1.43. The molecule has 1 aliphatic rings. The lowest BCUT2D eigenvalue weighted by atomic mass is 9.86. The van der Waals surface area contributed by atoms with Gasteiger partial charge in [-0.2, -0.15) is 0 Å². The minimum absolute atomic E-state index is 0.0933. The van der Waals surface area contributed by atoms with Crippen molar-refractivity contribution in [3.05, 3.63) is 22.6 Å². The Kier molecular flexibility index (Phi) is 3.19. The first-order valence-electron chi connectivity index (χ1n) is 5.49. The van der Waals surface area contributed by atoms with Crippen molar-refractivity contribution in [2.24, 2.45) is 5.92 Å². The largest absolute Gasteiger partial charge is 0.396 e. The van der Waals surface area contributed by atoms with Crippen LogP contribution in [-0.2, 0) is 0 Å². The van der Waals surface area contributed by atoms with E-state index in [0.717, 1.165) is 25.7 Å². The molecule has 6 nitrogen and oxygen atoms in total. The summed E-state index contributed by atoms with van der Waals surface area (Å²) >= 11 is 0. The number of aliphatic hydroxyl groups is 1. The Balaban J connectivity index is 2.00. The van der Waals surface area contributed by atoms with E-state index in [9.17, 15) is 10.1 Å². The van der Waals surface area contributed by atoms with Gasteiger partial charge in [0.2, 0.25) is 6.33 Å². The third-order valence-corrected chi connectivity index (χ3v) is 3.27. The van der Waals surface area contributed by atoms with E-state index in [4.69, 9.17) is 5.11 Å². The van der Waals surface area contributed by atoms with Crippen molar-refractivity contribution < 1.29 is 10.0 Å². The third-order valence-electron chi connectivity index (χ3n) is 3.27. The number of aromatic nitrogens is 2. The van der Waals surface area contributed by atoms with Gasteiger partial charge in [0.05, 0.1) is 0 Å². The SMILES string of the molecule is O=[N+]([O-])c1cn([C@H]2CC[C@H](CO)CC2)cn1. The van der Waals surface area contributed by atoms with E-state index < -0.39 is 4.92 Å². The summed E-state index contributed by atoms with van der Waals surface area (Å²) in [5, 5.41) is 19.5. The lowest BCUT2D eigenvalue weighted by Gasteiger charge is -2.27. The van der Waals surface area contributed by atoms with Gasteiger partial charge in [-0.15, -0.1) is 0 Å². The maximum absolute atomic E-state index is 10.5. The topological polar surface area (TPSA) is 81.2 Å². The number of hydrogen-bond acceptors (Lipinski definition) is 4. The number of imidazole rings is 1. The molecule has 0 radical (unpaired) electrons. The zero-order valence-electron chi connectivity index (χ0n) is 8.95. The maximum atomic E-state index is 10.5. The molecule has 0 amide bonds. The van der Waals surface area contributed by atoms with Gasteiger partial charge in [-0.1, -0.05) is 0 Å². The van der Waals surface area contributed by atoms with Gasteiger partial charge in [0.1, 0.15) is 6.20 Å². The van der Waals surface area contributed by atoms with Crippen molar-refractivity contribution in [1.29, 1.82) is 0 Å². The van der Waals surface area contributed by atoms with E-state index in [-0.39, 0.29) is 12.4 Å². The Morgan fingerprint density at radius 2 is 2.19 bits per heavy atom. The molecule has 0 unspecified atom stereocenters. The van der Waals surface area contributed by atoms with Gasteiger partial charge in [-0.05, 0) is 41.5 Å². The number of aliphatic hydroxyl groups excluding tert-OH is 1. The van der Waals surface area contributed by atoms with Crippen molar-refractivity contribution in [3.8, 4) is 0 Å². The van der Waals surface area contributed by atoms with Crippen LogP contribution in [0.1, 0.15) is 31.7 Å². The summed E-state index contributed by atoms with van der Waals surface area (Å²) in [4.78, 5) is 13.8. The normalized spacial score (nSPS) is 25.6. The number of nitrogens with zero attached hydrogens (tertiary/aromatic N) is 3. The van der Waals surface area contributed by atoms with Gasteiger partial charge in [0, 0.05) is 12.6 Å². The fourth-order valence-corrected chi connectivity index (χ4v) is 2.25. The first-order valence-corrected chi connectivity index (χ1v) is 5.49. The van der Waals surface area contributed by atoms with Crippen molar-refractivity contribution in [2.75, 3.05) is 6.61 Å². The first kappa shape index (κ1) is 11.1. The highest BCUT2D eigenvalue weighted by molar-refractivity contribution is 5.13. The van der Waals surface area contributed by atoms with Crippen LogP contribution in [0.5, 0.6) is 0 Å². The second-order valence-electron chi connectivity index (χ2n) is 4.29. The highest BCUT2D eigenvalue weighted by Gasteiger charge is 2.23. The molecule has 88 valence electrons. The molecule has 1 aromatic heterocycles. The summed E-state index contributed by atoms with van der Waals surface area (Å²) in [5.41, 5.74) is 0. The van der Waals surface area contributed by atoms with E-state index in [2.05, 4.69) is 4.98 Å². The molecule has 0 saturated heterocycles. The summed E-state index contributed by atoms with van der Waals surface area (Å²) in [6.07, 6.45) is 6.89. The quantitative estimate of drug-likeness (QED) is 0.624. The minimum Gasteiger partial charge on any atom is -0.396 e. The highest BCUT2D eigenvalue weighted by atomic mass is 16.6. The van der Waals surface area contributed by atoms with Gasteiger partial charge in [0.25, 0.3) is 0 Å². The fourth-order valence-electron chi connectivity index (χ4n) is 2.25. The van der Waals surface area contributed by atoms with E-state index in [1.54, 1.807) is 0 Å². The van der Waals surface area contributed by atoms with Crippen LogP contribution in [0.25, 0.3) is 0 Å². The van der Waals surface area contributed by atoms with Crippen LogP contribution in [0.4, 0.5) is 5.82 Å². The number of nitro groups is 1. The van der Waals surface area contributed by atoms with E-state index >= 15 is 0 Å². The first-order chi connectivity index (χ1) is 7.70. The Morgan fingerprint density at radius 3 is 2.69 bits per heavy atom. The van der Waals surface area contributed by atoms with Crippen molar-refractivity contribution in [1.82, 2.24) is 9.55 Å². The smallest absolute Gasteiger partial charge is 0.381 e. The monoisotopic (exact) mass is 225 g/mol. The summed E-state index contributed by atoms with van der Waals surface area (Å²) in [6, 6.07) is 0.295. The van der Waals surface area contributed by atoms with E-state index in [1.165, 1.54) is 12.5 Å². The van der Waals surface area contributed by atoms with Gasteiger partial charge >= 0.3 is 5.82 Å². The average molecular weight is 225 g/mol. The van der Waals surface area contributed by atoms with Gasteiger partial charge < -0.3 is 19.8 Å². The van der Waals surface area contributed by atoms with Crippen LogP contribution in [0.15, 0.2) is 12.5 Å². The second kappa shape index (κ2) is 4.61. The minimum atomic E-state index is -0.476. The predicted octanol–water partition coefficient (Wildman–Crippen LogP) is 1.51. The molecule has 1 aliphatic carbocycles. The third kappa shape index (κ3) is 2.21. The Bertz CT molecular complexity index is 369. The predicted molar refractivity (Wildman–Crippen MR) is 57.0 cm³/mol. The summed E-state index contributed by atoms with van der Waals surface area (Å²) in [6.45, 7) is 0.247. The molecular weight excluding hydrogens is 210 g/mol. The van der Waals surface area contributed by atoms with Gasteiger partial charge in [-0.3, -0.25) is 0 Å². The van der Waals surface area contributed by atoms with E-state index in [1.807, 2.05) is 4.57 Å². The molecule has 0 spiro atoms. The molecule has 1 saturated carbocycles. The van der Waals surface area contributed by atoms with Crippen LogP contribution < -0.4 is 0 Å². The molecule has 0 atom stereocenters. The molecule has 0 bridgehead atoms. The molecule has 1 N–H and O–H groups in total. The molecule has 6 heteroatoms. The summed E-state index contributed by atoms with van der Waals surface area (Å²) < 4.78 is 1.83. The lowest BCUT2D eigenvalue weighted by molar-refractivity contribution is -0.389. The lowest BCUT2D eigenvalue weighted by Crippen LogP contribution is -2.19. The molecular formula is C10H15N3O3.